The molecule has 0 spiro atoms. The average Bonchev–Trinajstić information content (AvgIpc) is 3.12. The van der Waals surface area contributed by atoms with Crippen LogP contribution in [0.15, 0.2) is 39.4 Å². The van der Waals surface area contributed by atoms with E-state index in [1.54, 1.807) is 12.3 Å². The molecule has 0 atom stereocenters. The minimum Gasteiger partial charge on any atom is -0.486 e. The van der Waals surface area contributed by atoms with E-state index in [0.717, 1.165) is 17.9 Å². The molecule has 5 heteroatoms. The molecule has 1 fully saturated rings. The van der Waals surface area contributed by atoms with E-state index in [9.17, 15) is 4.39 Å². The molecule has 2 aromatic rings. The third-order valence-corrected chi connectivity index (χ3v) is 3.66. The Morgan fingerprint density at radius 1 is 1.35 bits per heavy atom. The zero-order valence-corrected chi connectivity index (χ0v) is 12.5. The number of benzene rings is 1. The van der Waals surface area contributed by atoms with Crippen LogP contribution in [0.25, 0.3) is 0 Å². The summed E-state index contributed by atoms with van der Waals surface area (Å²) < 4.78 is 24.9. The largest absolute Gasteiger partial charge is 0.486 e. The summed E-state index contributed by atoms with van der Waals surface area (Å²) in [5.41, 5.74) is 1.09. The Balaban J connectivity index is 1.61. The van der Waals surface area contributed by atoms with Gasteiger partial charge in [0.2, 0.25) is 0 Å². The van der Waals surface area contributed by atoms with Crippen molar-refractivity contribution < 1.29 is 13.5 Å². The highest BCUT2D eigenvalue weighted by atomic mass is 79.9. The van der Waals surface area contributed by atoms with Crippen molar-refractivity contribution in [2.45, 2.75) is 32.0 Å². The number of nitrogens with one attached hydrogen (secondary N) is 1. The summed E-state index contributed by atoms with van der Waals surface area (Å²) in [6.45, 7) is 1.08. The first-order valence-corrected chi connectivity index (χ1v) is 7.37. The van der Waals surface area contributed by atoms with Crippen molar-refractivity contribution in [3.63, 3.8) is 0 Å². The Morgan fingerprint density at radius 2 is 2.20 bits per heavy atom. The maximum atomic E-state index is 13.2. The molecule has 0 amide bonds. The van der Waals surface area contributed by atoms with E-state index in [2.05, 4.69) is 21.2 Å². The molecule has 0 radical (unpaired) electrons. The number of rotatable bonds is 6. The van der Waals surface area contributed by atoms with Crippen LogP contribution in [0, 0.1) is 5.82 Å². The number of hydrogen-bond donors (Lipinski definition) is 1. The quantitative estimate of drug-likeness (QED) is 0.863. The van der Waals surface area contributed by atoms with Crippen molar-refractivity contribution in [2.75, 3.05) is 0 Å². The molecule has 106 valence electrons. The van der Waals surface area contributed by atoms with Gasteiger partial charge in [-0.3, -0.25) is 0 Å². The molecule has 0 saturated heterocycles. The van der Waals surface area contributed by atoms with Gasteiger partial charge in [-0.05, 0) is 31.0 Å². The standard InChI is InChI=1S/C15H15BrFNO2/c16-11-5-12(17)7-14(6-11)20-9-15-10(3-4-19-15)8-18-13-1-2-13/h3-7,13,18H,1-2,8-9H2. The number of hydrogen-bond acceptors (Lipinski definition) is 3. The molecule has 0 aliphatic heterocycles. The van der Waals surface area contributed by atoms with Gasteiger partial charge in [-0.15, -0.1) is 0 Å². The molecule has 1 aliphatic rings. The third-order valence-electron chi connectivity index (χ3n) is 3.20. The van der Waals surface area contributed by atoms with Crippen molar-refractivity contribution in [3.05, 3.63) is 52.1 Å². The third kappa shape index (κ3) is 3.61. The van der Waals surface area contributed by atoms with Crippen molar-refractivity contribution in [3.8, 4) is 5.75 Å². The van der Waals surface area contributed by atoms with Gasteiger partial charge >= 0.3 is 0 Å². The molecule has 1 aromatic heterocycles. The second-order valence-corrected chi connectivity index (χ2v) is 5.83. The lowest BCUT2D eigenvalue weighted by Gasteiger charge is -2.07. The van der Waals surface area contributed by atoms with Gasteiger partial charge in [-0.2, -0.15) is 0 Å². The van der Waals surface area contributed by atoms with Crippen LogP contribution >= 0.6 is 15.9 Å². The SMILES string of the molecule is Fc1cc(Br)cc(OCc2occc2CNC2CC2)c1. The molecular weight excluding hydrogens is 325 g/mol. The Labute approximate surface area is 125 Å². The molecule has 1 aliphatic carbocycles. The van der Waals surface area contributed by atoms with Crippen LogP contribution in [-0.4, -0.2) is 6.04 Å². The second kappa shape index (κ2) is 5.97. The topological polar surface area (TPSA) is 34.4 Å². The fraction of sp³-hybridized carbons (Fsp3) is 0.333. The molecule has 0 unspecified atom stereocenters. The van der Waals surface area contributed by atoms with E-state index in [-0.39, 0.29) is 5.82 Å². The summed E-state index contributed by atoms with van der Waals surface area (Å²) in [4.78, 5) is 0. The van der Waals surface area contributed by atoms with Crippen molar-refractivity contribution in [2.24, 2.45) is 0 Å². The summed E-state index contributed by atoms with van der Waals surface area (Å²) >= 11 is 3.24. The van der Waals surface area contributed by atoms with Gasteiger partial charge in [0.15, 0.2) is 0 Å². The van der Waals surface area contributed by atoms with Crippen LogP contribution in [0.1, 0.15) is 24.2 Å². The van der Waals surface area contributed by atoms with E-state index < -0.39 is 0 Å². The summed E-state index contributed by atoms with van der Waals surface area (Å²) in [7, 11) is 0. The molecule has 1 heterocycles. The molecule has 0 bridgehead atoms. The van der Waals surface area contributed by atoms with Gasteiger partial charge in [0.1, 0.15) is 23.9 Å². The zero-order valence-electron chi connectivity index (χ0n) is 10.9. The first-order valence-electron chi connectivity index (χ1n) is 6.58. The van der Waals surface area contributed by atoms with E-state index in [4.69, 9.17) is 9.15 Å². The monoisotopic (exact) mass is 339 g/mol. The Morgan fingerprint density at radius 3 is 2.95 bits per heavy atom. The molecule has 1 aromatic carbocycles. The fourth-order valence-electron chi connectivity index (χ4n) is 1.95. The van der Waals surface area contributed by atoms with Gasteiger partial charge < -0.3 is 14.5 Å². The normalized spacial score (nSPS) is 14.5. The second-order valence-electron chi connectivity index (χ2n) is 4.92. The van der Waals surface area contributed by atoms with Gasteiger partial charge in [-0.1, -0.05) is 15.9 Å². The predicted molar refractivity (Wildman–Crippen MR) is 77.0 cm³/mol. The first-order chi connectivity index (χ1) is 9.70. The van der Waals surface area contributed by atoms with E-state index in [1.807, 2.05) is 6.07 Å². The highest BCUT2D eigenvalue weighted by Crippen LogP contribution is 2.23. The lowest BCUT2D eigenvalue weighted by atomic mass is 10.2. The number of halogens is 2. The summed E-state index contributed by atoms with van der Waals surface area (Å²) in [6, 6.07) is 7.07. The number of furan rings is 1. The average molecular weight is 340 g/mol. The lowest BCUT2D eigenvalue weighted by molar-refractivity contribution is 0.267. The van der Waals surface area contributed by atoms with Gasteiger partial charge in [0.25, 0.3) is 0 Å². The predicted octanol–water partition coefficient (Wildman–Crippen LogP) is 4.01. The van der Waals surface area contributed by atoms with E-state index >= 15 is 0 Å². The maximum Gasteiger partial charge on any atom is 0.146 e. The maximum absolute atomic E-state index is 13.2. The zero-order chi connectivity index (χ0) is 13.9. The van der Waals surface area contributed by atoms with Crippen LogP contribution in [0.2, 0.25) is 0 Å². The van der Waals surface area contributed by atoms with Gasteiger partial charge in [0.05, 0.1) is 6.26 Å². The molecular formula is C15H15BrFNO2. The molecule has 1 N–H and O–H groups in total. The van der Waals surface area contributed by atoms with Crippen LogP contribution in [0.4, 0.5) is 4.39 Å². The summed E-state index contributed by atoms with van der Waals surface area (Å²) in [5.74, 6) is 0.928. The van der Waals surface area contributed by atoms with E-state index in [0.29, 0.717) is 22.9 Å². The molecule has 3 nitrogen and oxygen atoms in total. The molecule has 1 saturated carbocycles. The Kier molecular flexibility index (Phi) is 4.08. The number of ether oxygens (including phenoxy) is 1. The van der Waals surface area contributed by atoms with Crippen molar-refractivity contribution in [1.29, 1.82) is 0 Å². The van der Waals surface area contributed by atoms with Crippen LogP contribution < -0.4 is 10.1 Å². The van der Waals surface area contributed by atoms with Crippen molar-refractivity contribution in [1.82, 2.24) is 5.32 Å². The minimum absolute atomic E-state index is 0.296. The van der Waals surface area contributed by atoms with Crippen LogP contribution in [0.3, 0.4) is 0 Å². The van der Waals surface area contributed by atoms with Gasteiger partial charge in [-0.25, -0.2) is 4.39 Å². The Hall–Kier alpha value is -1.33. The highest BCUT2D eigenvalue weighted by Gasteiger charge is 2.21. The van der Waals surface area contributed by atoms with Crippen LogP contribution in [-0.2, 0) is 13.2 Å². The van der Waals surface area contributed by atoms with Gasteiger partial charge in [0, 0.05) is 28.7 Å². The fourth-order valence-corrected chi connectivity index (χ4v) is 2.40. The lowest BCUT2D eigenvalue weighted by Crippen LogP contribution is -2.16. The summed E-state index contributed by atoms with van der Waals surface area (Å²) in [5, 5.41) is 3.43. The van der Waals surface area contributed by atoms with Crippen LogP contribution in [0.5, 0.6) is 5.75 Å². The van der Waals surface area contributed by atoms with Crippen molar-refractivity contribution >= 4 is 15.9 Å². The Bertz CT molecular complexity index is 575. The first kappa shape index (κ1) is 13.6. The molecule has 20 heavy (non-hydrogen) atoms. The van der Waals surface area contributed by atoms with E-state index in [1.165, 1.54) is 25.0 Å². The molecule has 3 rings (SSSR count). The minimum atomic E-state index is -0.329. The highest BCUT2D eigenvalue weighted by molar-refractivity contribution is 9.10. The smallest absolute Gasteiger partial charge is 0.146 e. The summed E-state index contributed by atoms with van der Waals surface area (Å²) in [6.07, 6.45) is 4.16.